The van der Waals surface area contributed by atoms with Gasteiger partial charge in [0, 0.05) is 4.47 Å². The molecule has 0 saturated heterocycles. The molecule has 1 N–H and O–H groups in total. The molecule has 0 aliphatic rings. The number of hydrogen-bond donors (Lipinski definition) is 1. The Bertz CT molecular complexity index is 542. The van der Waals surface area contributed by atoms with Gasteiger partial charge in [-0.25, -0.2) is 13.1 Å². The van der Waals surface area contributed by atoms with Crippen molar-refractivity contribution in [2.45, 2.75) is 18.2 Å². The summed E-state index contributed by atoms with van der Waals surface area (Å²) in [6.45, 7) is 1.96. The number of sulfonamides is 1. The van der Waals surface area contributed by atoms with Crippen molar-refractivity contribution in [2.75, 3.05) is 13.7 Å². The molecule has 0 atom stereocenters. The zero-order valence-corrected chi connectivity index (χ0v) is 12.5. The van der Waals surface area contributed by atoms with E-state index in [-0.39, 0.29) is 17.9 Å². The average molecular weight is 336 g/mol. The van der Waals surface area contributed by atoms with Crippen molar-refractivity contribution in [2.24, 2.45) is 0 Å². The fraction of sp³-hybridized carbons (Fsp3) is 0.364. The van der Waals surface area contributed by atoms with E-state index in [1.807, 2.05) is 0 Å². The number of nitrogens with one attached hydrogen (secondary N) is 1. The maximum Gasteiger partial charge on any atom is 0.310 e. The topological polar surface area (TPSA) is 72.5 Å². The quantitative estimate of drug-likeness (QED) is 0.827. The van der Waals surface area contributed by atoms with E-state index in [4.69, 9.17) is 4.74 Å². The van der Waals surface area contributed by atoms with Gasteiger partial charge in [0.05, 0.1) is 17.9 Å². The maximum absolute atomic E-state index is 11.8. The van der Waals surface area contributed by atoms with E-state index < -0.39 is 16.0 Å². The first-order chi connectivity index (χ1) is 8.42. The Morgan fingerprint density at radius 1 is 1.44 bits per heavy atom. The van der Waals surface area contributed by atoms with E-state index in [0.29, 0.717) is 10.0 Å². The van der Waals surface area contributed by atoms with Gasteiger partial charge in [-0.1, -0.05) is 22.0 Å². The lowest BCUT2D eigenvalue weighted by Gasteiger charge is -2.11. The fourth-order valence-corrected chi connectivity index (χ4v) is 3.05. The first-order valence-corrected chi connectivity index (χ1v) is 7.56. The molecule has 0 unspecified atom stereocenters. The Morgan fingerprint density at radius 2 is 2.11 bits per heavy atom. The summed E-state index contributed by atoms with van der Waals surface area (Å²) in [5.74, 6) is -0.461. The highest BCUT2D eigenvalue weighted by Gasteiger charge is 2.20. The first kappa shape index (κ1) is 15.1. The summed E-state index contributed by atoms with van der Waals surface area (Å²) in [4.78, 5) is 11.6. The molecule has 1 aromatic carbocycles. The van der Waals surface area contributed by atoms with Crippen LogP contribution in [0.4, 0.5) is 0 Å². The number of ether oxygens (including phenoxy) is 1. The van der Waals surface area contributed by atoms with Crippen LogP contribution in [0.25, 0.3) is 0 Å². The second-order valence-electron chi connectivity index (χ2n) is 3.41. The number of rotatable bonds is 5. The Hall–Kier alpha value is -0.920. The highest BCUT2D eigenvalue weighted by Crippen LogP contribution is 2.25. The zero-order chi connectivity index (χ0) is 13.8. The number of carbonyl (C=O) groups is 1. The molecule has 7 heteroatoms. The van der Waals surface area contributed by atoms with Crippen molar-refractivity contribution in [1.82, 2.24) is 4.72 Å². The third kappa shape index (κ3) is 3.54. The van der Waals surface area contributed by atoms with Crippen molar-refractivity contribution < 1.29 is 17.9 Å². The van der Waals surface area contributed by atoms with Crippen LogP contribution in [0, 0.1) is 0 Å². The molecule has 0 spiro atoms. The molecule has 0 aliphatic heterocycles. The van der Waals surface area contributed by atoms with Crippen LogP contribution in [0.5, 0.6) is 0 Å². The van der Waals surface area contributed by atoms with Crippen molar-refractivity contribution in [3.05, 3.63) is 28.2 Å². The first-order valence-electron chi connectivity index (χ1n) is 5.29. The summed E-state index contributed by atoms with van der Waals surface area (Å²) < 4.78 is 31.3. The lowest BCUT2D eigenvalue weighted by atomic mass is 10.1. The van der Waals surface area contributed by atoms with E-state index in [1.165, 1.54) is 13.1 Å². The van der Waals surface area contributed by atoms with Gasteiger partial charge in [0.25, 0.3) is 0 Å². The van der Waals surface area contributed by atoms with E-state index in [2.05, 4.69) is 20.7 Å². The summed E-state index contributed by atoms with van der Waals surface area (Å²) in [6, 6.07) is 4.73. The molecule has 0 heterocycles. The van der Waals surface area contributed by atoms with Gasteiger partial charge in [0.1, 0.15) is 0 Å². The van der Waals surface area contributed by atoms with Crippen LogP contribution < -0.4 is 4.72 Å². The maximum atomic E-state index is 11.8. The van der Waals surface area contributed by atoms with Crippen molar-refractivity contribution in [3.63, 3.8) is 0 Å². The summed E-state index contributed by atoms with van der Waals surface area (Å²) in [5.41, 5.74) is 0.394. The summed E-state index contributed by atoms with van der Waals surface area (Å²) in [6.07, 6.45) is -0.0918. The van der Waals surface area contributed by atoms with Crippen molar-refractivity contribution >= 4 is 31.9 Å². The minimum Gasteiger partial charge on any atom is -0.466 e. The predicted molar refractivity (Wildman–Crippen MR) is 70.7 cm³/mol. The third-order valence-corrected chi connectivity index (χ3v) is 4.50. The smallest absolute Gasteiger partial charge is 0.310 e. The molecule has 5 nitrogen and oxygen atoms in total. The minimum absolute atomic E-state index is 0.0763. The van der Waals surface area contributed by atoms with Crippen LogP contribution >= 0.6 is 15.9 Å². The lowest BCUT2D eigenvalue weighted by Crippen LogP contribution is -2.21. The molecular formula is C11H14BrNO4S. The van der Waals surface area contributed by atoms with Gasteiger partial charge >= 0.3 is 5.97 Å². The molecule has 0 saturated carbocycles. The highest BCUT2D eigenvalue weighted by atomic mass is 79.9. The van der Waals surface area contributed by atoms with Gasteiger partial charge in [-0.05, 0) is 31.7 Å². The molecule has 0 aliphatic carbocycles. The molecule has 1 aromatic rings. The SMILES string of the molecule is CCOC(=O)Cc1c(Br)cccc1S(=O)(=O)NC. The second-order valence-corrected chi connectivity index (χ2v) is 6.12. The Morgan fingerprint density at radius 3 is 2.67 bits per heavy atom. The van der Waals surface area contributed by atoms with Crippen LogP contribution in [0.3, 0.4) is 0 Å². The van der Waals surface area contributed by atoms with E-state index >= 15 is 0 Å². The number of esters is 1. The summed E-state index contributed by atoms with van der Waals surface area (Å²) >= 11 is 3.25. The van der Waals surface area contributed by atoms with Crippen molar-refractivity contribution in [3.8, 4) is 0 Å². The Labute approximate surface area is 115 Å². The normalized spacial score (nSPS) is 11.3. The predicted octanol–water partition coefficient (Wildman–Crippen LogP) is 1.46. The molecule has 0 radical (unpaired) electrons. The molecular weight excluding hydrogens is 322 g/mol. The summed E-state index contributed by atoms with van der Waals surface area (Å²) in [7, 11) is -2.28. The van der Waals surface area contributed by atoms with Crippen molar-refractivity contribution in [1.29, 1.82) is 0 Å². The van der Waals surface area contributed by atoms with Gasteiger partial charge < -0.3 is 4.74 Å². The number of carbonyl (C=O) groups excluding carboxylic acids is 1. The van der Waals surface area contributed by atoms with E-state index in [9.17, 15) is 13.2 Å². The number of halogens is 1. The third-order valence-electron chi connectivity index (χ3n) is 2.26. The Kier molecular flexibility index (Phi) is 5.30. The van der Waals surface area contributed by atoms with Crippen LogP contribution in [0.1, 0.15) is 12.5 Å². The number of benzene rings is 1. The fourth-order valence-electron chi connectivity index (χ4n) is 1.43. The van der Waals surface area contributed by atoms with Gasteiger partial charge in [-0.3, -0.25) is 4.79 Å². The van der Waals surface area contributed by atoms with Gasteiger partial charge in [0.2, 0.25) is 10.0 Å². The highest BCUT2D eigenvalue weighted by molar-refractivity contribution is 9.10. The van der Waals surface area contributed by atoms with Crippen LogP contribution in [-0.2, 0) is 26.0 Å². The molecule has 100 valence electrons. The molecule has 18 heavy (non-hydrogen) atoms. The molecule has 0 bridgehead atoms. The minimum atomic E-state index is -3.60. The lowest BCUT2D eigenvalue weighted by molar-refractivity contribution is -0.142. The van der Waals surface area contributed by atoms with E-state index in [0.717, 1.165) is 0 Å². The monoisotopic (exact) mass is 335 g/mol. The van der Waals surface area contributed by atoms with Gasteiger partial charge in [0.15, 0.2) is 0 Å². The standard InChI is InChI=1S/C11H14BrNO4S/c1-3-17-11(14)7-8-9(12)5-4-6-10(8)18(15,16)13-2/h4-6,13H,3,7H2,1-2H3. The molecule has 1 rings (SSSR count). The second kappa shape index (κ2) is 6.31. The zero-order valence-electron chi connectivity index (χ0n) is 10.1. The summed E-state index contributed by atoms with van der Waals surface area (Å²) in [5, 5.41) is 0. The molecule has 0 fully saturated rings. The average Bonchev–Trinajstić information content (AvgIpc) is 2.32. The van der Waals surface area contributed by atoms with Gasteiger partial charge in [-0.2, -0.15) is 0 Å². The number of hydrogen-bond acceptors (Lipinski definition) is 4. The van der Waals surface area contributed by atoms with Gasteiger partial charge in [-0.15, -0.1) is 0 Å². The Balaban J connectivity index is 3.21. The van der Waals surface area contributed by atoms with Crippen LogP contribution in [-0.4, -0.2) is 28.0 Å². The molecule has 0 amide bonds. The largest absolute Gasteiger partial charge is 0.466 e. The van der Waals surface area contributed by atoms with Crippen LogP contribution in [0.15, 0.2) is 27.6 Å². The molecule has 0 aromatic heterocycles. The van der Waals surface area contributed by atoms with E-state index in [1.54, 1.807) is 19.1 Å². The van der Waals surface area contributed by atoms with Crippen LogP contribution in [0.2, 0.25) is 0 Å².